The van der Waals surface area contributed by atoms with Gasteiger partial charge in [0.2, 0.25) is 0 Å². The average molecular weight is 172 g/mol. The second-order valence-corrected chi connectivity index (χ2v) is 2.73. The van der Waals surface area contributed by atoms with E-state index in [-0.39, 0.29) is 13.3 Å². The fourth-order valence-electron chi connectivity index (χ4n) is 1.06. The van der Waals surface area contributed by atoms with Gasteiger partial charge in [0.25, 0.3) is 0 Å². The van der Waals surface area contributed by atoms with Gasteiger partial charge < -0.3 is 11.1 Å². The zero-order valence-electron chi connectivity index (χ0n) is 7.68. The summed E-state index contributed by atoms with van der Waals surface area (Å²) in [6, 6.07) is -0.0750. The van der Waals surface area contributed by atoms with Crippen molar-refractivity contribution in [2.24, 2.45) is 5.73 Å². The highest BCUT2D eigenvalue weighted by molar-refractivity contribution is 5.93. The highest BCUT2D eigenvalue weighted by Gasteiger charge is 2.11. The molecule has 0 aliphatic heterocycles. The number of nitrogens with two attached hydrogens (primary N) is 1. The van der Waals surface area contributed by atoms with Gasteiger partial charge in [-0.1, -0.05) is 13.0 Å². The molecule has 1 atom stereocenters. The number of likely N-dealkylation sites (N-methyl/N-ethyl adjacent to an activating group) is 1. The van der Waals surface area contributed by atoms with Crippen LogP contribution in [0.15, 0.2) is 12.7 Å². The Morgan fingerprint density at radius 2 is 2.42 bits per heavy atom. The van der Waals surface area contributed by atoms with Crippen molar-refractivity contribution in [3.8, 4) is 0 Å². The van der Waals surface area contributed by atoms with Crippen molar-refractivity contribution in [1.29, 1.82) is 0 Å². The highest BCUT2D eigenvalue weighted by Crippen LogP contribution is 2.01. The number of ketones is 1. The van der Waals surface area contributed by atoms with Crippen molar-refractivity contribution in [3.05, 3.63) is 12.7 Å². The van der Waals surface area contributed by atoms with E-state index < -0.39 is 0 Å². The maximum atomic E-state index is 11.1. The van der Waals surface area contributed by atoms with Gasteiger partial charge in [-0.15, -0.1) is 0 Å². The molecule has 72 valence electrons. The molecule has 0 unspecified atom stereocenters. The summed E-state index contributed by atoms with van der Waals surface area (Å²) in [6.45, 7) is 4.14. The monoisotopic (exact) mass is 172 g/mol. The fourth-order valence-corrected chi connectivity index (χ4v) is 1.06. The standard InChI is InChI=1S/C9H18N2O.H2/c1-3-9(12)8(11-2)6-4-5-7-10;/h3,8,11H,1,4-7,10H2,2H3;1H/t8-;/m0./s1. The van der Waals surface area contributed by atoms with Gasteiger partial charge in [-0.2, -0.15) is 0 Å². The molecule has 3 nitrogen and oxygen atoms in total. The summed E-state index contributed by atoms with van der Waals surface area (Å²) in [5.74, 6) is 0.0644. The van der Waals surface area contributed by atoms with Crippen LogP contribution in [0.3, 0.4) is 0 Å². The minimum Gasteiger partial charge on any atom is -0.330 e. The van der Waals surface area contributed by atoms with Crippen LogP contribution in [0.25, 0.3) is 0 Å². The molecule has 0 bridgehead atoms. The molecule has 0 aromatic carbocycles. The Balaban J connectivity index is 0. The third kappa shape index (κ3) is 4.26. The Morgan fingerprint density at radius 1 is 1.75 bits per heavy atom. The van der Waals surface area contributed by atoms with Gasteiger partial charge in [-0.3, -0.25) is 4.79 Å². The molecule has 0 aliphatic rings. The third-order valence-corrected chi connectivity index (χ3v) is 1.84. The Bertz CT molecular complexity index is 151. The van der Waals surface area contributed by atoms with Gasteiger partial charge >= 0.3 is 0 Å². The molecule has 0 saturated carbocycles. The molecule has 3 heteroatoms. The molecule has 0 aromatic heterocycles. The zero-order valence-corrected chi connectivity index (χ0v) is 7.68. The maximum absolute atomic E-state index is 11.1. The summed E-state index contributed by atoms with van der Waals surface area (Å²) < 4.78 is 0. The normalized spacial score (nSPS) is 12.5. The number of carbonyl (C=O) groups is 1. The van der Waals surface area contributed by atoms with Crippen LogP contribution in [0.5, 0.6) is 0 Å². The van der Waals surface area contributed by atoms with Crippen molar-refractivity contribution >= 4 is 5.78 Å². The molecular formula is C9H20N2O. The second-order valence-electron chi connectivity index (χ2n) is 2.73. The van der Waals surface area contributed by atoms with Gasteiger partial charge in [0.05, 0.1) is 6.04 Å². The first-order chi connectivity index (χ1) is 5.76. The minimum absolute atomic E-state index is 0. The lowest BCUT2D eigenvalue weighted by atomic mass is 10.1. The number of carbonyl (C=O) groups excluding carboxylic acids is 1. The maximum Gasteiger partial charge on any atom is 0.171 e. The summed E-state index contributed by atoms with van der Waals surface area (Å²) >= 11 is 0. The average Bonchev–Trinajstić information content (AvgIpc) is 2.11. The number of nitrogens with one attached hydrogen (secondary N) is 1. The molecule has 0 spiro atoms. The summed E-state index contributed by atoms with van der Waals surface area (Å²) in [5.41, 5.74) is 5.34. The van der Waals surface area contributed by atoms with E-state index in [1.807, 2.05) is 0 Å². The molecule has 0 saturated heterocycles. The molecule has 0 aliphatic carbocycles. The Hall–Kier alpha value is -0.670. The second kappa shape index (κ2) is 7.00. The molecule has 0 aromatic rings. The molecule has 0 rings (SSSR count). The first kappa shape index (κ1) is 11.3. The number of hydrogen-bond donors (Lipinski definition) is 2. The lowest BCUT2D eigenvalue weighted by Gasteiger charge is -2.11. The summed E-state index contributed by atoms with van der Waals surface area (Å²) in [5, 5.41) is 2.95. The van der Waals surface area contributed by atoms with Crippen LogP contribution < -0.4 is 11.1 Å². The van der Waals surface area contributed by atoms with Crippen molar-refractivity contribution in [2.75, 3.05) is 13.6 Å². The van der Waals surface area contributed by atoms with Crippen LogP contribution in [-0.4, -0.2) is 25.4 Å². The van der Waals surface area contributed by atoms with Crippen LogP contribution in [0.2, 0.25) is 0 Å². The Kier molecular flexibility index (Phi) is 6.61. The van der Waals surface area contributed by atoms with Gasteiger partial charge in [0, 0.05) is 1.43 Å². The SMILES string of the molecule is C=CC(=O)[C@H](CCCCN)NC.[HH]. The van der Waals surface area contributed by atoms with Gasteiger partial charge in [0.1, 0.15) is 0 Å². The van der Waals surface area contributed by atoms with Crippen molar-refractivity contribution in [2.45, 2.75) is 25.3 Å². The minimum atomic E-state index is -0.0750. The fraction of sp³-hybridized carbons (Fsp3) is 0.667. The summed E-state index contributed by atoms with van der Waals surface area (Å²) in [4.78, 5) is 11.1. The Labute approximate surface area is 75.5 Å². The first-order valence-corrected chi connectivity index (χ1v) is 4.29. The quantitative estimate of drug-likeness (QED) is 0.439. The first-order valence-electron chi connectivity index (χ1n) is 4.29. The van der Waals surface area contributed by atoms with E-state index in [0.29, 0.717) is 6.54 Å². The van der Waals surface area contributed by atoms with Crippen molar-refractivity contribution in [3.63, 3.8) is 0 Å². The largest absolute Gasteiger partial charge is 0.330 e. The predicted molar refractivity (Wildman–Crippen MR) is 53.1 cm³/mol. The van der Waals surface area contributed by atoms with Crippen LogP contribution >= 0.6 is 0 Å². The number of hydrogen-bond acceptors (Lipinski definition) is 3. The molecule has 0 fully saturated rings. The van der Waals surface area contributed by atoms with Gasteiger partial charge in [0.15, 0.2) is 5.78 Å². The predicted octanol–water partition coefficient (Wildman–Crippen LogP) is 0.705. The summed E-state index contributed by atoms with van der Waals surface area (Å²) in [6.07, 6.45) is 4.17. The molecule has 0 amide bonds. The lowest BCUT2D eigenvalue weighted by molar-refractivity contribution is -0.116. The Morgan fingerprint density at radius 3 is 2.83 bits per heavy atom. The van der Waals surface area contributed by atoms with E-state index >= 15 is 0 Å². The highest BCUT2D eigenvalue weighted by atomic mass is 16.1. The molecular weight excluding hydrogens is 152 g/mol. The number of rotatable bonds is 7. The van der Waals surface area contributed by atoms with Crippen LogP contribution in [0.4, 0.5) is 0 Å². The topological polar surface area (TPSA) is 55.1 Å². The van der Waals surface area contributed by atoms with Crippen LogP contribution in [0, 0.1) is 0 Å². The van der Waals surface area contributed by atoms with Crippen molar-refractivity contribution < 1.29 is 6.22 Å². The lowest BCUT2D eigenvalue weighted by Crippen LogP contribution is -2.32. The van der Waals surface area contributed by atoms with E-state index in [0.717, 1.165) is 19.3 Å². The van der Waals surface area contributed by atoms with E-state index in [1.54, 1.807) is 7.05 Å². The molecule has 0 radical (unpaired) electrons. The summed E-state index contributed by atoms with van der Waals surface area (Å²) in [7, 11) is 1.79. The van der Waals surface area contributed by atoms with Crippen LogP contribution in [0.1, 0.15) is 20.7 Å². The molecule has 0 heterocycles. The van der Waals surface area contributed by atoms with Gasteiger partial charge in [-0.05, 0) is 32.5 Å². The zero-order chi connectivity index (χ0) is 9.40. The van der Waals surface area contributed by atoms with Crippen molar-refractivity contribution in [1.82, 2.24) is 5.32 Å². The van der Waals surface area contributed by atoms with Gasteiger partial charge in [-0.25, -0.2) is 0 Å². The third-order valence-electron chi connectivity index (χ3n) is 1.84. The van der Waals surface area contributed by atoms with E-state index in [4.69, 9.17) is 5.73 Å². The molecule has 12 heavy (non-hydrogen) atoms. The van der Waals surface area contributed by atoms with Crippen LogP contribution in [-0.2, 0) is 4.79 Å². The van der Waals surface area contributed by atoms with E-state index in [9.17, 15) is 4.79 Å². The smallest absolute Gasteiger partial charge is 0.171 e. The van der Waals surface area contributed by atoms with E-state index in [2.05, 4.69) is 11.9 Å². The van der Waals surface area contributed by atoms with E-state index in [1.165, 1.54) is 6.08 Å². The number of unbranched alkanes of at least 4 members (excludes halogenated alkanes) is 1. The molecule has 3 N–H and O–H groups in total.